The Morgan fingerprint density at radius 1 is 0.857 bits per heavy atom. The Labute approximate surface area is 239 Å². The number of carboxylic acids is 2. The molecule has 0 bridgehead atoms. The van der Waals surface area contributed by atoms with Gasteiger partial charge in [0.2, 0.25) is 17.7 Å². The molecule has 3 aromatic rings. The lowest BCUT2D eigenvalue weighted by Crippen LogP contribution is -2.59. The molecule has 0 radical (unpaired) electrons. The van der Waals surface area contributed by atoms with E-state index in [1.54, 1.807) is 6.20 Å². The molecular weight excluding hydrogens is 550 g/mol. The minimum Gasteiger partial charge on any atom is -0.508 e. The summed E-state index contributed by atoms with van der Waals surface area (Å²) in [6.07, 6.45) is -0.698. The van der Waals surface area contributed by atoms with E-state index in [0.717, 1.165) is 23.4 Å². The molecule has 3 amide bonds. The molecule has 42 heavy (non-hydrogen) atoms. The highest BCUT2D eigenvalue weighted by atomic mass is 16.4. The molecule has 1 aromatic heterocycles. The number of fused-ring (bicyclic) bond motifs is 1. The molecule has 14 nitrogen and oxygen atoms in total. The lowest BCUT2D eigenvalue weighted by Gasteiger charge is -2.25. The molecule has 224 valence electrons. The van der Waals surface area contributed by atoms with Crippen molar-refractivity contribution in [1.29, 1.82) is 0 Å². The van der Waals surface area contributed by atoms with Gasteiger partial charge in [0.15, 0.2) is 6.04 Å². The fourth-order valence-corrected chi connectivity index (χ4v) is 4.28. The highest BCUT2D eigenvalue weighted by molar-refractivity contribution is 5.96. The van der Waals surface area contributed by atoms with Crippen LogP contribution in [0.25, 0.3) is 10.9 Å². The van der Waals surface area contributed by atoms with Crippen molar-refractivity contribution in [3.8, 4) is 5.75 Å². The van der Waals surface area contributed by atoms with Crippen molar-refractivity contribution in [3.63, 3.8) is 0 Å². The second-order valence-electron chi connectivity index (χ2n) is 9.83. The highest BCUT2D eigenvalue weighted by Crippen LogP contribution is 2.19. The Bertz CT molecular complexity index is 1440. The lowest BCUT2D eigenvalue weighted by molar-refractivity contribution is -0.146. The number of rotatable bonds is 14. The smallest absolute Gasteiger partial charge is 0.328 e. The number of nitrogens with two attached hydrogens (primary N) is 1. The Hall–Kier alpha value is -4.95. The number of carboxylic acid groups (broad SMARTS) is 2. The monoisotopic (exact) mass is 583 g/mol. The second-order valence-corrected chi connectivity index (χ2v) is 9.83. The maximum atomic E-state index is 13.4. The number of aromatic nitrogens is 1. The number of aliphatic hydroxyl groups excluding tert-OH is 1. The van der Waals surface area contributed by atoms with Gasteiger partial charge < -0.3 is 47.1 Å². The van der Waals surface area contributed by atoms with Gasteiger partial charge in [-0.05, 0) is 42.7 Å². The van der Waals surface area contributed by atoms with Crippen LogP contribution in [0.2, 0.25) is 0 Å². The van der Waals surface area contributed by atoms with Crippen molar-refractivity contribution in [2.24, 2.45) is 5.73 Å². The number of para-hydroxylation sites is 1. The number of carbonyl (C=O) groups excluding carboxylic acids is 3. The first-order chi connectivity index (χ1) is 19.8. The van der Waals surface area contributed by atoms with Crippen LogP contribution in [0.5, 0.6) is 5.75 Å². The first-order valence-electron chi connectivity index (χ1n) is 13.0. The first kappa shape index (κ1) is 31.6. The molecule has 10 N–H and O–H groups in total. The molecule has 0 saturated carbocycles. The predicted molar refractivity (Wildman–Crippen MR) is 149 cm³/mol. The average Bonchev–Trinajstić information content (AvgIpc) is 3.33. The largest absolute Gasteiger partial charge is 0.508 e. The first-order valence-corrected chi connectivity index (χ1v) is 13.0. The highest BCUT2D eigenvalue weighted by Gasteiger charge is 2.33. The van der Waals surface area contributed by atoms with E-state index in [-0.39, 0.29) is 18.6 Å². The number of aromatic amines is 1. The zero-order valence-corrected chi connectivity index (χ0v) is 22.6. The number of benzene rings is 2. The molecule has 0 saturated heterocycles. The minimum absolute atomic E-state index is 0.0335. The van der Waals surface area contributed by atoms with E-state index in [2.05, 4.69) is 15.6 Å². The van der Waals surface area contributed by atoms with Crippen molar-refractivity contribution in [1.82, 2.24) is 20.9 Å². The molecular formula is C28H33N5O9. The standard InChI is InChI=1S/C28H33N5O9/c1-14(34)24(28(41)42)33-27(40)22(12-23(36)37)32-26(39)21(10-15-6-8-17(35)9-7-15)31-25(38)19(29)11-16-13-30-20-5-3-2-4-18(16)20/h2-9,13-14,19,21-22,24,30,34-35H,10-12,29H2,1H3,(H,31,38)(H,32,39)(H,33,40)(H,36,37)(H,41,42). The zero-order chi connectivity index (χ0) is 31.0. The van der Waals surface area contributed by atoms with Crippen molar-refractivity contribution < 1.29 is 44.4 Å². The van der Waals surface area contributed by atoms with Gasteiger partial charge in [0.05, 0.1) is 18.6 Å². The molecule has 3 rings (SSSR count). The fraction of sp³-hybridized carbons (Fsp3) is 0.321. The second kappa shape index (κ2) is 14.1. The molecule has 0 aliphatic rings. The van der Waals surface area contributed by atoms with E-state index in [0.29, 0.717) is 5.56 Å². The van der Waals surface area contributed by atoms with Gasteiger partial charge >= 0.3 is 11.9 Å². The molecule has 14 heteroatoms. The number of amides is 3. The van der Waals surface area contributed by atoms with Crippen LogP contribution in [0.15, 0.2) is 54.7 Å². The third kappa shape index (κ3) is 8.52. The van der Waals surface area contributed by atoms with Gasteiger partial charge in [-0.2, -0.15) is 0 Å². The molecule has 0 fully saturated rings. The zero-order valence-electron chi connectivity index (χ0n) is 22.6. The number of aromatic hydroxyl groups is 1. The predicted octanol–water partition coefficient (Wildman–Crippen LogP) is -0.619. The normalized spacial score (nSPS) is 14.6. The fourth-order valence-electron chi connectivity index (χ4n) is 4.28. The summed E-state index contributed by atoms with van der Waals surface area (Å²) < 4.78 is 0. The van der Waals surface area contributed by atoms with Gasteiger partial charge in [-0.15, -0.1) is 0 Å². The third-order valence-electron chi connectivity index (χ3n) is 6.52. The maximum Gasteiger partial charge on any atom is 0.328 e. The van der Waals surface area contributed by atoms with E-state index >= 15 is 0 Å². The van der Waals surface area contributed by atoms with E-state index in [4.69, 9.17) is 5.73 Å². The quantitative estimate of drug-likeness (QED) is 0.116. The summed E-state index contributed by atoms with van der Waals surface area (Å²) in [7, 11) is 0. The van der Waals surface area contributed by atoms with Gasteiger partial charge in [-0.3, -0.25) is 19.2 Å². The lowest BCUT2D eigenvalue weighted by atomic mass is 10.0. The van der Waals surface area contributed by atoms with Crippen LogP contribution in [0, 0.1) is 0 Å². The van der Waals surface area contributed by atoms with E-state index < -0.39 is 66.4 Å². The Kier molecular flexibility index (Phi) is 10.6. The van der Waals surface area contributed by atoms with Crippen molar-refractivity contribution in [2.45, 2.75) is 56.5 Å². The molecule has 2 aromatic carbocycles. The molecule has 0 aliphatic heterocycles. The van der Waals surface area contributed by atoms with Crippen LogP contribution in [0.4, 0.5) is 0 Å². The number of hydrogen-bond acceptors (Lipinski definition) is 8. The molecule has 0 spiro atoms. The minimum atomic E-state index is -1.76. The number of H-pyrrole nitrogens is 1. The summed E-state index contributed by atoms with van der Waals surface area (Å²) in [6, 6.07) is 7.26. The summed E-state index contributed by atoms with van der Waals surface area (Å²) in [5, 5.41) is 45.5. The van der Waals surface area contributed by atoms with Crippen molar-refractivity contribution in [3.05, 3.63) is 65.9 Å². The summed E-state index contributed by atoms with van der Waals surface area (Å²) >= 11 is 0. The number of aliphatic carboxylic acids is 2. The number of hydrogen-bond donors (Lipinski definition) is 9. The number of nitrogens with one attached hydrogen (secondary N) is 4. The summed E-state index contributed by atoms with van der Waals surface area (Å²) in [4.78, 5) is 65.2. The van der Waals surface area contributed by atoms with Crippen LogP contribution >= 0.6 is 0 Å². The van der Waals surface area contributed by atoms with Gasteiger partial charge in [0.1, 0.15) is 17.8 Å². The Balaban J connectivity index is 1.80. The van der Waals surface area contributed by atoms with Crippen LogP contribution in [0.3, 0.4) is 0 Å². The number of phenols is 1. The number of aliphatic hydroxyl groups is 1. The van der Waals surface area contributed by atoms with E-state index in [1.165, 1.54) is 24.3 Å². The number of carbonyl (C=O) groups is 5. The maximum absolute atomic E-state index is 13.4. The topological polar surface area (TPSA) is 244 Å². The molecule has 5 unspecified atom stereocenters. The van der Waals surface area contributed by atoms with Crippen LogP contribution in [-0.2, 0) is 36.8 Å². The van der Waals surface area contributed by atoms with E-state index in [1.807, 2.05) is 29.6 Å². The van der Waals surface area contributed by atoms with Gasteiger partial charge in [0.25, 0.3) is 0 Å². The van der Waals surface area contributed by atoms with Crippen LogP contribution in [-0.4, -0.2) is 85.3 Å². The molecule has 1 heterocycles. The van der Waals surface area contributed by atoms with Gasteiger partial charge in [-0.1, -0.05) is 30.3 Å². The van der Waals surface area contributed by atoms with Crippen molar-refractivity contribution >= 4 is 40.6 Å². The summed E-state index contributed by atoms with van der Waals surface area (Å²) in [5.41, 5.74) is 8.32. The molecule has 5 atom stereocenters. The summed E-state index contributed by atoms with van der Waals surface area (Å²) in [6.45, 7) is 1.12. The van der Waals surface area contributed by atoms with Crippen LogP contribution < -0.4 is 21.7 Å². The van der Waals surface area contributed by atoms with Gasteiger partial charge in [-0.25, -0.2) is 4.79 Å². The van der Waals surface area contributed by atoms with Crippen LogP contribution in [0.1, 0.15) is 24.5 Å². The summed E-state index contributed by atoms with van der Waals surface area (Å²) in [5.74, 6) is -5.88. The Morgan fingerprint density at radius 2 is 1.48 bits per heavy atom. The average molecular weight is 584 g/mol. The SMILES string of the molecule is CC(O)C(NC(=O)C(CC(=O)O)NC(=O)C(Cc1ccc(O)cc1)NC(=O)C(N)Cc1c[nH]c2ccccc12)C(=O)O. The Morgan fingerprint density at radius 3 is 2.10 bits per heavy atom. The van der Waals surface area contributed by atoms with E-state index in [9.17, 15) is 44.4 Å². The van der Waals surface area contributed by atoms with Crippen molar-refractivity contribution in [2.75, 3.05) is 0 Å². The third-order valence-corrected chi connectivity index (χ3v) is 6.52. The van der Waals surface area contributed by atoms with Gasteiger partial charge in [0, 0.05) is 23.5 Å². The molecule has 0 aliphatic carbocycles. The number of phenolic OH excluding ortho intramolecular Hbond substituents is 1.